The van der Waals surface area contributed by atoms with Gasteiger partial charge in [0, 0.05) is 0 Å². The largest absolute Gasteiger partial charge is 0.421 e. The zero-order valence-corrected chi connectivity index (χ0v) is 7.15. The van der Waals surface area contributed by atoms with Crippen molar-refractivity contribution in [3.63, 3.8) is 0 Å². The van der Waals surface area contributed by atoms with Gasteiger partial charge in [0.15, 0.2) is 0 Å². The van der Waals surface area contributed by atoms with Crippen molar-refractivity contribution in [3.8, 4) is 11.5 Å². The molecule has 0 aliphatic heterocycles. The van der Waals surface area contributed by atoms with Crippen LogP contribution >= 0.6 is 0 Å². The number of aromatic amines is 1. The minimum absolute atomic E-state index is 0.0343. The molecule has 5 N–H and O–H groups in total. The zero-order chi connectivity index (χ0) is 11.0. The first kappa shape index (κ1) is 8.86. The molecule has 11 heteroatoms. The number of rotatable bonds is 2. The summed E-state index contributed by atoms with van der Waals surface area (Å²) in [5.74, 6) is 4.82. The molecule has 78 valence electrons. The Morgan fingerprint density at radius 2 is 2.13 bits per heavy atom. The van der Waals surface area contributed by atoms with E-state index in [1.165, 1.54) is 0 Å². The van der Waals surface area contributed by atoms with Gasteiger partial charge >= 0.3 is 5.82 Å². The average Bonchev–Trinajstić information content (AvgIpc) is 2.75. The van der Waals surface area contributed by atoms with Gasteiger partial charge in [-0.15, -0.1) is 20.5 Å². The van der Waals surface area contributed by atoms with Crippen molar-refractivity contribution in [1.82, 2.24) is 30.3 Å². The van der Waals surface area contributed by atoms with Crippen molar-refractivity contribution in [2.45, 2.75) is 0 Å². The Kier molecular flexibility index (Phi) is 1.71. The van der Waals surface area contributed by atoms with Crippen LogP contribution in [0.15, 0.2) is 0 Å². The van der Waals surface area contributed by atoms with Crippen LogP contribution in [0.25, 0.3) is 11.5 Å². The van der Waals surface area contributed by atoms with E-state index in [1.54, 1.807) is 0 Å². The molecule has 15 heavy (non-hydrogen) atoms. The molecule has 0 aromatic carbocycles. The molecule has 2 aromatic heterocycles. The second-order valence-electron chi connectivity index (χ2n) is 2.50. The Morgan fingerprint density at radius 1 is 1.40 bits per heavy atom. The Hall–Kier alpha value is -2.72. The molecule has 0 amide bonds. The van der Waals surface area contributed by atoms with Gasteiger partial charge in [-0.1, -0.05) is 0 Å². The maximum absolute atomic E-state index is 10.5. The predicted octanol–water partition coefficient (Wildman–Crippen LogP) is -1.73. The highest BCUT2D eigenvalue weighted by Crippen LogP contribution is 2.22. The Balaban J connectivity index is 2.59. The van der Waals surface area contributed by atoms with E-state index in [9.17, 15) is 10.1 Å². The third kappa shape index (κ3) is 1.21. The Morgan fingerprint density at radius 3 is 2.67 bits per heavy atom. The second-order valence-corrected chi connectivity index (χ2v) is 2.50. The molecule has 0 fully saturated rings. The van der Waals surface area contributed by atoms with Crippen molar-refractivity contribution in [2.24, 2.45) is 0 Å². The molecule has 2 aromatic rings. The van der Waals surface area contributed by atoms with Crippen LogP contribution in [-0.4, -0.2) is 35.2 Å². The van der Waals surface area contributed by atoms with Crippen LogP contribution in [0.1, 0.15) is 0 Å². The molecule has 0 bridgehead atoms. The smallest absolute Gasteiger partial charge is 0.366 e. The highest BCUT2D eigenvalue weighted by atomic mass is 16.6. The molecule has 0 radical (unpaired) electrons. The fourth-order valence-corrected chi connectivity index (χ4v) is 0.968. The lowest BCUT2D eigenvalue weighted by molar-refractivity contribution is -0.388. The number of nitro groups is 1. The predicted molar refractivity (Wildman–Crippen MR) is 46.6 cm³/mol. The molecule has 0 aliphatic carbocycles. The molecule has 0 atom stereocenters. The van der Waals surface area contributed by atoms with Crippen LogP contribution in [0, 0.1) is 10.1 Å². The maximum Gasteiger partial charge on any atom is 0.421 e. The molecule has 0 spiro atoms. The van der Waals surface area contributed by atoms with E-state index >= 15 is 0 Å². The van der Waals surface area contributed by atoms with E-state index in [0.29, 0.717) is 0 Å². The second kappa shape index (κ2) is 2.90. The number of nitrogens with one attached hydrogen (secondary N) is 1. The summed E-state index contributed by atoms with van der Waals surface area (Å²) in [4.78, 5) is 9.81. The van der Waals surface area contributed by atoms with Gasteiger partial charge in [0.1, 0.15) is 0 Å². The number of nitrogen functional groups attached to an aromatic ring is 2. The van der Waals surface area contributed by atoms with Crippen LogP contribution in [0.5, 0.6) is 0 Å². The van der Waals surface area contributed by atoms with Crippen molar-refractivity contribution in [3.05, 3.63) is 10.1 Å². The molecular weight excluding hydrogens is 206 g/mol. The summed E-state index contributed by atoms with van der Waals surface area (Å²) in [6.45, 7) is 0. The molecule has 0 saturated carbocycles. The van der Waals surface area contributed by atoms with Crippen LogP contribution < -0.4 is 11.6 Å². The van der Waals surface area contributed by atoms with E-state index in [-0.39, 0.29) is 17.5 Å². The van der Waals surface area contributed by atoms with Crippen LogP contribution in [0.2, 0.25) is 0 Å². The van der Waals surface area contributed by atoms with E-state index in [1.807, 2.05) is 0 Å². The van der Waals surface area contributed by atoms with E-state index in [4.69, 9.17) is 11.6 Å². The maximum atomic E-state index is 10.5. The highest BCUT2D eigenvalue weighted by molar-refractivity contribution is 5.60. The quantitative estimate of drug-likeness (QED) is 0.299. The molecule has 2 heterocycles. The first-order valence-corrected chi connectivity index (χ1v) is 3.62. The summed E-state index contributed by atoms with van der Waals surface area (Å²) in [6.07, 6.45) is 0. The molecule has 0 unspecified atom stereocenters. The van der Waals surface area contributed by atoms with Gasteiger partial charge in [-0.05, 0) is 4.92 Å². The summed E-state index contributed by atoms with van der Waals surface area (Å²) in [7, 11) is 0. The monoisotopic (exact) mass is 211 g/mol. The lowest BCUT2D eigenvalue weighted by Gasteiger charge is -1.96. The molecule has 2 rings (SSSR count). The van der Waals surface area contributed by atoms with Crippen LogP contribution in [-0.2, 0) is 0 Å². The number of H-pyrrole nitrogens is 1. The summed E-state index contributed by atoms with van der Waals surface area (Å²) in [5, 5.41) is 26.5. The zero-order valence-electron chi connectivity index (χ0n) is 7.15. The number of hydrogen-bond donors (Lipinski definition) is 3. The summed E-state index contributed by atoms with van der Waals surface area (Å²) in [6, 6.07) is 0. The van der Waals surface area contributed by atoms with Gasteiger partial charge in [-0.2, -0.15) is 0 Å². The van der Waals surface area contributed by atoms with Crippen molar-refractivity contribution < 1.29 is 4.92 Å². The van der Waals surface area contributed by atoms with E-state index in [0.717, 1.165) is 4.68 Å². The molecule has 11 nitrogen and oxygen atoms in total. The number of nitrogens with zero attached hydrogens (tertiary/aromatic N) is 6. The van der Waals surface area contributed by atoms with Crippen LogP contribution in [0.3, 0.4) is 0 Å². The van der Waals surface area contributed by atoms with Gasteiger partial charge in [0.25, 0.3) is 0 Å². The number of aromatic nitrogens is 6. The average molecular weight is 211 g/mol. The third-order valence-electron chi connectivity index (χ3n) is 1.64. The van der Waals surface area contributed by atoms with Gasteiger partial charge in [0.2, 0.25) is 17.5 Å². The normalized spacial score (nSPS) is 10.4. The van der Waals surface area contributed by atoms with Gasteiger partial charge in [-0.3, -0.25) is 0 Å². The minimum atomic E-state index is -0.719. The lowest BCUT2D eigenvalue weighted by Crippen LogP contribution is -2.13. The Bertz CT molecular complexity index is 512. The van der Waals surface area contributed by atoms with E-state index in [2.05, 4.69) is 25.6 Å². The number of nitrogens with two attached hydrogens (primary N) is 2. The first-order chi connectivity index (χ1) is 7.11. The van der Waals surface area contributed by atoms with Gasteiger partial charge < -0.3 is 21.7 Å². The highest BCUT2D eigenvalue weighted by Gasteiger charge is 2.26. The van der Waals surface area contributed by atoms with Crippen molar-refractivity contribution in [1.29, 1.82) is 0 Å². The van der Waals surface area contributed by atoms with E-state index < -0.39 is 10.7 Å². The Labute approximate surface area is 81.2 Å². The number of anilines is 1. The molecular formula is C4H5N9O2. The topological polar surface area (TPSA) is 167 Å². The molecule has 0 saturated heterocycles. The van der Waals surface area contributed by atoms with Crippen molar-refractivity contribution >= 4 is 11.8 Å². The standard InChI is InChI=1S/C4H5N9O2/c5-4-10-8-2(12(4)6)1-3(13(14)15)9-11-7-1/h6H2,(H2,5,10)(H,7,9,11). The lowest BCUT2D eigenvalue weighted by atomic mass is 10.4. The van der Waals surface area contributed by atoms with Crippen molar-refractivity contribution in [2.75, 3.05) is 11.6 Å². The van der Waals surface area contributed by atoms with Gasteiger partial charge in [0.05, 0.1) is 5.10 Å². The van der Waals surface area contributed by atoms with Gasteiger partial charge in [-0.25, -0.2) is 4.68 Å². The SMILES string of the molecule is Nc1nnc(-c2n[nH]nc2[N+](=O)[O-])n1N. The summed E-state index contributed by atoms with van der Waals surface area (Å²) in [5.41, 5.74) is 5.19. The fourth-order valence-electron chi connectivity index (χ4n) is 0.968. The summed E-state index contributed by atoms with van der Waals surface area (Å²) >= 11 is 0. The fraction of sp³-hybridized carbons (Fsp3) is 0. The number of hydrogen-bond acceptors (Lipinski definition) is 8. The van der Waals surface area contributed by atoms with Crippen LogP contribution in [0.4, 0.5) is 11.8 Å². The third-order valence-corrected chi connectivity index (χ3v) is 1.64. The molecule has 0 aliphatic rings. The first-order valence-electron chi connectivity index (χ1n) is 3.62. The summed E-state index contributed by atoms with van der Waals surface area (Å²) < 4.78 is 0.880. The minimum Gasteiger partial charge on any atom is -0.366 e.